The van der Waals surface area contributed by atoms with Gasteiger partial charge in [-0.05, 0) is 24.1 Å². The summed E-state index contributed by atoms with van der Waals surface area (Å²) in [7, 11) is 0. The Labute approximate surface area is 138 Å². The van der Waals surface area contributed by atoms with Gasteiger partial charge < -0.3 is 14.8 Å². The third-order valence-corrected chi connectivity index (χ3v) is 4.33. The minimum absolute atomic E-state index is 0.111. The number of ether oxygens (including phenoxy) is 2. The monoisotopic (exact) mass is 333 g/mol. The van der Waals surface area contributed by atoms with E-state index in [2.05, 4.69) is 22.4 Å². The number of amides is 1. The SMILES string of the molecule is CCCCc1nnc(NC(=O)Cc2ccc3c(c2)OCCO3)s1. The number of hydrogen-bond donors (Lipinski definition) is 1. The molecule has 1 aliphatic heterocycles. The topological polar surface area (TPSA) is 73.3 Å². The maximum absolute atomic E-state index is 12.1. The zero-order chi connectivity index (χ0) is 16.1. The molecule has 3 rings (SSSR count). The fraction of sp³-hybridized carbons (Fsp3) is 0.438. The van der Waals surface area contributed by atoms with Gasteiger partial charge >= 0.3 is 0 Å². The Morgan fingerprint density at radius 1 is 1.26 bits per heavy atom. The quantitative estimate of drug-likeness (QED) is 0.880. The molecule has 0 saturated heterocycles. The fourth-order valence-corrected chi connectivity index (χ4v) is 3.08. The van der Waals surface area contributed by atoms with Crippen LogP contribution in [0.25, 0.3) is 0 Å². The van der Waals surface area contributed by atoms with E-state index in [4.69, 9.17) is 9.47 Å². The highest BCUT2D eigenvalue weighted by molar-refractivity contribution is 7.15. The minimum Gasteiger partial charge on any atom is -0.486 e. The van der Waals surface area contributed by atoms with Crippen molar-refractivity contribution in [2.75, 3.05) is 18.5 Å². The number of unbranched alkanes of at least 4 members (excludes halogenated alkanes) is 1. The standard InChI is InChI=1S/C16H19N3O3S/c1-2-3-4-15-18-19-16(23-15)17-14(20)10-11-5-6-12-13(9-11)22-8-7-21-12/h5-6,9H,2-4,7-8,10H2,1H3,(H,17,19,20). The van der Waals surface area contributed by atoms with Gasteiger partial charge in [0.25, 0.3) is 0 Å². The average Bonchev–Trinajstić information content (AvgIpc) is 3.00. The van der Waals surface area contributed by atoms with Gasteiger partial charge in [-0.15, -0.1) is 10.2 Å². The van der Waals surface area contributed by atoms with E-state index in [1.165, 1.54) is 11.3 Å². The lowest BCUT2D eigenvalue weighted by molar-refractivity contribution is -0.115. The highest BCUT2D eigenvalue weighted by atomic mass is 32.1. The molecule has 0 aliphatic carbocycles. The summed E-state index contributed by atoms with van der Waals surface area (Å²) in [4.78, 5) is 12.1. The molecular weight excluding hydrogens is 314 g/mol. The van der Waals surface area contributed by atoms with Crippen molar-refractivity contribution in [3.8, 4) is 11.5 Å². The normalized spacial score (nSPS) is 12.9. The Balaban J connectivity index is 1.57. The summed E-state index contributed by atoms with van der Waals surface area (Å²) >= 11 is 1.44. The zero-order valence-electron chi connectivity index (χ0n) is 13.0. The van der Waals surface area contributed by atoms with Crippen LogP contribution in [-0.2, 0) is 17.6 Å². The molecule has 0 saturated carbocycles. The van der Waals surface area contributed by atoms with Crippen molar-refractivity contribution in [1.82, 2.24) is 10.2 Å². The van der Waals surface area contributed by atoms with E-state index in [1.807, 2.05) is 18.2 Å². The molecule has 1 N–H and O–H groups in total. The summed E-state index contributed by atoms with van der Waals surface area (Å²) < 4.78 is 11.0. The molecule has 6 nitrogen and oxygen atoms in total. The first-order chi connectivity index (χ1) is 11.2. The molecule has 0 radical (unpaired) electrons. The predicted octanol–water partition coefficient (Wildman–Crippen LogP) is 2.83. The molecule has 0 unspecified atom stereocenters. The fourth-order valence-electron chi connectivity index (χ4n) is 2.28. The van der Waals surface area contributed by atoms with Crippen molar-refractivity contribution in [2.45, 2.75) is 32.6 Å². The van der Waals surface area contributed by atoms with Crippen molar-refractivity contribution in [3.05, 3.63) is 28.8 Å². The molecule has 2 aromatic rings. The maximum Gasteiger partial charge on any atom is 0.230 e. The number of aromatic nitrogens is 2. The molecule has 1 aromatic heterocycles. The first-order valence-electron chi connectivity index (χ1n) is 7.75. The molecule has 122 valence electrons. The first-order valence-corrected chi connectivity index (χ1v) is 8.57. The highest BCUT2D eigenvalue weighted by Crippen LogP contribution is 2.31. The van der Waals surface area contributed by atoms with Crippen LogP contribution in [0.2, 0.25) is 0 Å². The number of fused-ring (bicyclic) bond motifs is 1. The number of nitrogens with zero attached hydrogens (tertiary/aromatic N) is 2. The molecule has 2 heterocycles. The van der Waals surface area contributed by atoms with E-state index in [0.717, 1.165) is 35.6 Å². The molecule has 23 heavy (non-hydrogen) atoms. The highest BCUT2D eigenvalue weighted by Gasteiger charge is 2.14. The van der Waals surface area contributed by atoms with E-state index in [1.54, 1.807) is 0 Å². The van der Waals surface area contributed by atoms with Crippen LogP contribution in [-0.4, -0.2) is 29.3 Å². The number of anilines is 1. The van der Waals surface area contributed by atoms with E-state index >= 15 is 0 Å². The number of rotatable bonds is 6. The van der Waals surface area contributed by atoms with Gasteiger partial charge in [0.15, 0.2) is 11.5 Å². The largest absolute Gasteiger partial charge is 0.486 e. The Bertz CT molecular complexity index is 687. The molecule has 1 aromatic carbocycles. The van der Waals surface area contributed by atoms with Crippen LogP contribution in [0.5, 0.6) is 11.5 Å². The summed E-state index contributed by atoms with van der Waals surface area (Å²) in [6.07, 6.45) is 3.37. The van der Waals surface area contributed by atoms with Crippen LogP contribution < -0.4 is 14.8 Å². The second kappa shape index (κ2) is 7.41. The van der Waals surface area contributed by atoms with Crippen LogP contribution in [0.15, 0.2) is 18.2 Å². The van der Waals surface area contributed by atoms with Gasteiger partial charge in [0, 0.05) is 6.42 Å². The van der Waals surface area contributed by atoms with Crippen molar-refractivity contribution in [3.63, 3.8) is 0 Å². The number of nitrogens with one attached hydrogen (secondary N) is 1. The average molecular weight is 333 g/mol. The first kappa shape index (κ1) is 15.7. The number of carbonyl (C=O) groups is 1. The maximum atomic E-state index is 12.1. The summed E-state index contributed by atoms with van der Waals surface area (Å²) in [5.41, 5.74) is 0.877. The summed E-state index contributed by atoms with van der Waals surface area (Å²) in [6.45, 7) is 3.23. The third kappa shape index (κ3) is 4.19. The van der Waals surface area contributed by atoms with Gasteiger partial charge in [-0.3, -0.25) is 4.79 Å². The van der Waals surface area contributed by atoms with Crippen LogP contribution >= 0.6 is 11.3 Å². The molecule has 0 spiro atoms. The molecule has 1 amide bonds. The Kier molecular flexibility index (Phi) is 5.07. The van der Waals surface area contributed by atoms with Crippen molar-refractivity contribution in [2.24, 2.45) is 0 Å². The lowest BCUT2D eigenvalue weighted by atomic mass is 10.1. The number of benzene rings is 1. The van der Waals surface area contributed by atoms with Gasteiger partial charge in [0.2, 0.25) is 11.0 Å². The minimum atomic E-state index is -0.111. The van der Waals surface area contributed by atoms with Crippen molar-refractivity contribution >= 4 is 22.4 Å². The summed E-state index contributed by atoms with van der Waals surface area (Å²) in [5.74, 6) is 1.31. The number of aryl methyl sites for hydroxylation is 1. The van der Waals surface area contributed by atoms with Gasteiger partial charge in [-0.1, -0.05) is 30.7 Å². The third-order valence-electron chi connectivity index (χ3n) is 3.43. The summed E-state index contributed by atoms with van der Waals surface area (Å²) in [6, 6.07) is 5.56. The molecule has 0 fully saturated rings. The molecule has 0 atom stereocenters. The lowest BCUT2D eigenvalue weighted by Gasteiger charge is -2.18. The van der Waals surface area contributed by atoms with E-state index in [0.29, 0.717) is 24.1 Å². The second-order valence-electron chi connectivity index (χ2n) is 5.31. The predicted molar refractivity (Wildman–Crippen MR) is 88.3 cm³/mol. The molecule has 1 aliphatic rings. The molecule has 7 heteroatoms. The van der Waals surface area contributed by atoms with Crippen molar-refractivity contribution in [1.29, 1.82) is 0 Å². The molecule has 0 bridgehead atoms. The zero-order valence-corrected chi connectivity index (χ0v) is 13.8. The van der Waals surface area contributed by atoms with Crippen LogP contribution in [0, 0.1) is 0 Å². The van der Waals surface area contributed by atoms with Gasteiger partial charge in [0.1, 0.15) is 18.2 Å². The van der Waals surface area contributed by atoms with E-state index < -0.39 is 0 Å². The lowest BCUT2D eigenvalue weighted by Crippen LogP contribution is -2.17. The van der Waals surface area contributed by atoms with Crippen molar-refractivity contribution < 1.29 is 14.3 Å². The Morgan fingerprint density at radius 2 is 2.09 bits per heavy atom. The van der Waals surface area contributed by atoms with Gasteiger partial charge in [-0.25, -0.2) is 0 Å². The summed E-state index contributed by atoms with van der Waals surface area (Å²) in [5, 5.41) is 12.4. The van der Waals surface area contributed by atoms with Gasteiger partial charge in [0.05, 0.1) is 6.42 Å². The van der Waals surface area contributed by atoms with E-state index in [-0.39, 0.29) is 12.3 Å². The second-order valence-corrected chi connectivity index (χ2v) is 6.37. The Morgan fingerprint density at radius 3 is 2.91 bits per heavy atom. The van der Waals surface area contributed by atoms with Crippen LogP contribution in [0.4, 0.5) is 5.13 Å². The van der Waals surface area contributed by atoms with E-state index in [9.17, 15) is 4.79 Å². The number of carbonyl (C=O) groups excluding carboxylic acids is 1. The van der Waals surface area contributed by atoms with Crippen LogP contribution in [0.3, 0.4) is 0 Å². The number of hydrogen-bond acceptors (Lipinski definition) is 6. The smallest absolute Gasteiger partial charge is 0.230 e. The molecular formula is C16H19N3O3S. The van der Waals surface area contributed by atoms with Crippen LogP contribution in [0.1, 0.15) is 30.3 Å². The van der Waals surface area contributed by atoms with Gasteiger partial charge in [-0.2, -0.15) is 0 Å². The Hall–Kier alpha value is -2.15.